The lowest BCUT2D eigenvalue weighted by atomic mass is 10.2. The number of hydrogen-bond donors (Lipinski definition) is 1. The molecule has 1 amide bonds. The van der Waals surface area contributed by atoms with Gasteiger partial charge in [0.1, 0.15) is 6.33 Å². The first-order chi connectivity index (χ1) is 7.66. The lowest BCUT2D eigenvalue weighted by Gasteiger charge is -2.03. The molecular weight excluding hydrogens is 272 g/mol. The quantitative estimate of drug-likeness (QED) is 0.913. The van der Waals surface area contributed by atoms with E-state index in [4.69, 9.17) is 0 Å². The first-order valence-electron chi connectivity index (χ1n) is 4.58. The van der Waals surface area contributed by atoms with Crippen molar-refractivity contribution in [2.24, 2.45) is 7.05 Å². The fraction of sp³-hybridized carbons (Fsp3) is 0.100. The number of nitrogens with zero attached hydrogens (tertiary/aromatic N) is 3. The molecule has 0 atom stereocenters. The molecule has 0 aliphatic carbocycles. The van der Waals surface area contributed by atoms with Crippen molar-refractivity contribution in [2.75, 3.05) is 5.32 Å². The number of carbonyl (C=O) groups excluding carboxylic acids is 1. The SMILES string of the molecule is Cn1cnnc1NC(=O)c1ccc(Br)cc1. The van der Waals surface area contributed by atoms with Gasteiger partial charge in [0, 0.05) is 17.1 Å². The minimum Gasteiger partial charge on any atom is -0.303 e. The van der Waals surface area contributed by atoms with Crippen LogP contribution in [-0.4, -0.2) is 20.7 Å². The Bertz CT molecular complexity index is 506. The van der Waals surface area contributed by atoms with Crippen LogP contribution >= 0.6 is 15.9 Å². The van der Waals surface area contributed by atoms with Gasteiger partial charge in [-0.15, -0.1) is 10.2 Å². The van der Waals surface area contributed by atoms with Gasteiger partial charge in [-0.25, -0.2) is 0 Å². The lowest BCUT2D eigenvalue weighted by molar-refractivity contribution is 0.102. The Morgan fingerprint density at radius 3 is 2.62 bits per heavy atom. The Labute approximate surface area is 101 Å². The fourth-order valence-electron chi connectivity index (χ4n) is 1.17. The molecule has 0 aliphatic heterocycles. The van der Waals surface area contributed by atoms with E-state index in [1.54, 1.807) is 23.7 Å². The zero-order chi connectivity index (χ0) is 11.5. The summed E-state index contributed by atoms with van der Waals surface area (Å²) >= 11 is 3.31. The molecule has 0 saturated heterocycles. The van der Waals surface area contributed by atoms with Gasteiger partial charge >= 0.3 is 0 Å². The van der Waals surface area contributed by atoms with Crippen molar-refractivity contribution >= 4 is 27.8 Å². The van der Waals surface area contributed by atoms with Crippen LogP contribution < -0.4 is 5.32 Å². The van der Waals surface area contributed by atoms with Crippen LogP contribution in [0.4, 0.5) is 5.95 Å². The van der Waals surface area contributed by atoms with E-state index in [-0.39, 0.29) is 5.91 Å². The average Bonchev–Trinajstić information content (AvgIpc) is 2.65. The molecule has 0 unspecified atom stereocenters. The highest BCUT2D eigenvalue weighted by Gasteiger charge is 2.08. The zero-order valence-corrected chi connectivity index (χ0v) is 10.1. The van der Waals surface area contributed by atoms with Crippen molar-refractivity contribution in [3.05, 3.63) is 40.6 Å². The summed E-state index contributed by atoms with van der Waals surface area (Å²) in [4.78, 5) is 11.8. The van der Waals surface area contributed by atoms with Crippen LogP contribution in [0.1, 0.15) is 10.4 Å². The summed E-state index contributed by atoms with van der Waals surface area (Å²) in [6.45, 7) is 0. The smallest absolute Gasteiger partial charge is 0.258 e. The van der Waals surface area contributed by atoms with E-state index in [1.807, 2.05) is 12.1 Å². The van der Waals surface area contributed by atoms with Crippen LogP contribution in [0.5, 0.6) is 0 Å². The fourth-order valence-corrected chi connectivity index (χ4v) is 1.44. The first-order valence-corrected chi connectivity index (χ1v) is 5.37. The molecule has 82 valence electrons. The van der Waals surface area contributed by atoms with Crippen molar-refractivity contribution in [3.63, 3.8) is 0 Å². The van der Waals surface area contributed by atoms with E-state index >= 15 is 0 Å². The van der Waals surface area contributed by atoms with Crippen molar-refractivity contribution in [1.29, 1.82) is 0 Å². The van der Waals surface area contributed by atoms with Gasteiger partial charge in [0.05, 0.1) is 0 Å². The van der Waals surface area contributed by atoms with Crippen molar-refractivity contribution in [1.82, 2.24) is 14.8 Å². The normalized spacial score (nSPS) is 10.1. The molecule has 1 heterocycles. The van der Waals surface area contributed by atoms with Gasteiger partial charge in [-0.05, 0) is 24.3 Å². The summed E-state index contributed by atoms with van der Waals surface area (Å²) in [5.74, 6) is 0.219. The van der Waals surface area contributed by atoms with Gasteiger partial charge < -0.3 is 4.57 Å². The maximum atomic E-state index is 11.8. The molecule has 0 bridgehead atoms. The maximum absolute atomic E-state index is 11.8. The molecule has 2 rings (SSSR count). The minimum atomic E-state index is -0.205. The number of benzene rings is 1. The van der Waals surface area contributed by atoms with E-state index in [9.17, 15) is 4.79 Å². The third-order valence-electron chi connectivity index (χ3n) is 2.04. The second kappa shape index (κ2) is 4.44. The first kappa shape index (κ1) is 10.8. The Morgan fingerprint density at radius 1 is 1.38 bits per heavy atom. The van der Waals surface area contributed by atoms with Gasteiger partial charge in [0.15, 0.2) is 0 Å². The minimum absolute atomic E-state index is 0.205. The number of carbonyl (C=O) groups is 1. The van der Waals surface area contributed by atoms with Gasteiger partial charge in [-0.2, -0.15) is 0 Å². The largest absolute Gasteiger partial charge is 0.303 e. The van der Waals surface area contributed by atoms with E-state index in [0.29, 0.717) is 11.5 Å². The lowest BCUT2D eigenvalue weighted by Crippen LogP contribution is -2.14. The molecule has 1 N–H and O–H groups in total. The second-order valence-electron chi connectivity index (χ2n) is 3.23. The van der Waals surface area contributed by atoms with Gasteiger partial charge in [-0.1, -0.05) is 15.9 Å². The molecule has 0 aliphatic rings. The highest BCUT2D eigenvalue weighted by Crippen LogP contribution is 2.11. The number of rotatable bonds is 2. The number of halogens is 1. The zero-order valence-electron chi connectivity index (χ0n) is 8.51. The Kier molecular flexibility index (Phi) is 3.00. The average molecular weight is 281 g/mol. The van der Waals surface area contributed by atoms with Gasteiger partial charge in [0.2, 0.25) is 5.95 Å². The number of aryl methyl sites for hydroxylation is 1. The molecule has 0 spiro atoms. The second-order valence-corrected chi connectivity index (χ2v) is 4.14. The molecule has 0 saturated carbocycles. The topological polar surface area (TPSA) is 59.8 Å². The molecular formula is C10H9BrN4O. The van der Waals surface area contributed by atoms with Crippen molar-refractivity contribution < 1.29 is 4.79 Å². The molecule has 16 heavy (non-hydrogen) atoms. The van der Waals surface area contributed by atoms with Crippen molar-refractivity contribution in [2.45, 2.75) is 0 Å². The molecule has 1 aromatic carbocycles. The monoisotopic (exact) mass is 280 g/mol. The van der Waals surface area contributed by atoms with Crippen LogP contribution in [-0.2, 0) is 7.05 Å². The standard InChI is InChI=1S/C10H9BrN4O/c1-15-6-12-14-10(15)13-9(16)7-2-4-8(11)5-3-7/h2-6H,1H3,(H,13,14,16). The summed E-state index contributed by atoms with van der Waals surface area (Å²) in [7, 11) is 1.76. The molecule has 5 nitrogen and oxygen atoms in total. The van der Waals surface area contributed by atoms with E-state index in [0.717, 1.165) is 4.47 Å². The predicted octanol–water partition coefficient (Wildman–Crippen LogP) is 1.83. The van der Waals surface area contributed by atoms with E-state index in [2.05, 4.69) is 31.4 Å². The van der Waals surface area contributed by atoms with Crippen LogP contribution in [0.25, 0.3) is 0 Å². The summed E-state index contributed by atoms with van der Waals surface area (Å²) < 4.78 is 2.57. The molecule has 2 aromatic rings. The van der Waals surface area contributed by atoms with Crippen LogP contribution in [0.15, 0.2) is 35.1 Å². The Morgan fingerprint density at radius 2 is 2.06 bits per heavy atom. The summed E-state index contributed by atoms with van der Waals surface area (Å²) in [6.07, 6.45) is 1.52. The number of anilines is 1. The van der Waals surface area contributed by atoms with Gasteiger partial charge in [0.25, 0.3) is 5.91 Å². The van der Waals surface area contributed by atoms with Crippen LogP contribution in [0.3, 0.4) is 0 Å². The van der Waals surface area contributed by atoms with Crippen LogP contribution in [0, 0.1) is 0 Å². The summed E-state index contributed by atoms with van der Waals surface area (Å²) in [5.41, 5.74) is 0.575. The predicted molar refractivity (Wildman–Crippen MR) is 63.1 cm³/mol. The number of aromatic nitrogens is 3. The molecule has 0 radical (unpaired) electrons. The highest BCUT2D eigenvalue weighted by atomic mass is 79.9. The molecule has 1 aromatic heterocycles. The molecule has 6 heteroatoms. The Hall–Kier alpha value is -1.69. The summed E-state index contributed by atoms with van der Waals surface area (Å²) in [5, 5.41) is 10.1. The van der Waals surface area contributed by atoms with Gasteiger partial charge in [-0.3, -0.25) is 10.1 Å². The highest BCUT2D eigenvalue weighted by molar-refractivity contribution is 9.10. The molecule has 0 fully saturated rings. The van der Waals surface area contributed by atoms with E-state index < -0.39 is 0 Å². The van der Waals surface area contributed by atoms with Crippen molar-refractivity contribution in [3.8, 4) is 0 Å². The van der Waals surface area contributed by atoms with E-state index in [1.165, 1.54) is 6.33 Å². The number of nitrogens with one attached hydrogen (secondary N) is 1. The third kappa shape index (κ3) is 2.27. The maximum Gasteiger partial charge on any atom is 0.258 e. The van der Waals surface area contributed by atoms with Crippen LogP contribution in [0.2, 0.25) is 0 Å². The Balaban J connectivity index is 2.15. The third-order valence-corrected chi connectivity index (χ3v) is 2.57. The number of amides is 1. The number of hydrogen-bond acceptors (Lipinski definition) is 3. The summed E-state index contributed by atoms with van der Waals surface area (Å²) in [6, 6.07) is 7.09.